The molecule has 0 aliphatic rings. The molecule has 0 aliphatic heterocycles. The van der Waals surface area contributed by atoms with Crippen molar-refractivity contribution in [2.24, 2.45) is 11.7 Å². The molecule has 0 spiro atoms. The largest absolute Gasteiger partial charge is 0.374 e. The van der Waals surface area contributed by atoms with Gasteiger partial charge in [-0.3, -0.25) is 4.98 Å². The van der Waals surface area contributed by atoms with Crippen LogP contribution in [0.2, 0.25) is 0 Å². The van der Waals surface area contributed by atoms with E-state index in [4.69, 9.17) is 10.5 Å². The second kappa shape index (κ2) is 5.83. The highest BCUT2D eigenvalue weighted by Gasteiger charge is 2.07. The van der Waals surface area contributed by atoms with E-state index in [-0.39, 0.29) is 6.10 Å². The van der Waals surface area contributed by atoms with Gasteiger partial charge in [0.1, 0.15) is 0 Å². The normalized spacial score (nSPS) is 13.1. The zero-order chi connectivity index (χ0) is 11.3. The van der Waals surface area contributed by atoms with E-state index < -0.39 is 0 Å². The van der Waals surface area contributed by atoms with E-state index in [1.165, 1.54) is 0 Å². The van der Waals surface area contributed by atoms with Crippen LogP contribution in [0.4, 0.5) is 0 Å². The number of nitrogens with two attached hydrogens (primary N) is 1. The predicted octanol–water partition coefficient (Wildman–Crippen LogP) is 2.10. The van der Waals surface area contributed by atoms with Crippen LogP contribution in [0.5, 0.6) is 0 Å². The van der Waals surface area contributed by atoms with Crippen LogP contribution in [0.1, 0.15) is 32.0 Å². The zero-order valence-electron chi connectivity index (χ0n) is 9.73. The minimum absolute atomic E-state index is 0.277. The number of pyridine rings is 1. The van der Waals surface area contributed by atoms with Crippen molar-refractivity contribution in [2.75, 3.05) is 0 Å². The Balaban J connectivity index is 2.50. The molecule has 3 heteroatoms. The lowest BCUT2D eigenvalue weighted by atomic mass is 10.1. The number of hydrogen-bond acceptors (Lipinski definition) is 3. The smallest absolute Gasteiger partial charge is 0.0721 e. The lowest BCUT2D eigenvalue weighted by molar-refractivity contribution is 0.0234. The van der Waals surface area contributed by atoms with Crippen molar-refractivity contribution in [1.82, 2.24) is 4.98 Å². The van der Waals surface area contributed by atoms with Gasteiger partial charge >= 0.3 is 0 Å². The van der Waals surface area contributed by atoms with Gasteiger partial charge in [-0.15, -0.1) is 0 Å². The van der Waals surface area contributed by atoms with E-state index in [0.29, 0.717) is 19.1 Å². The van der Waals surface area contributed by atoms with Crippen LogP contribution in [-0.4, -0.2) is 11.1 Å². The fourth-order valence-electron chi connectivity index (χ4n) is 1.15. The second-order valence-electron chi connectivity index (χ2n) is 4.12. The third-order valence-corrected chi connectivity index (χ3v) is 2.54. The standard InChI is InChI=1S/C12H20N2O/c1-9(2)10(3)15-8-11-4-5-14-12(6-11)7-13/h4-6,9-10H,7-8,13H2,1-3H3. The fraction of sp³-hybridized carbons (Fsp3) is 0.583. The Morgan fingerprint density at radius 2 is 2.13 bits per heavy atom. The van der Waals surface area contributed by atoms with Gasteiger partial charge in [0.25, 0.3) is 0 Å². The highest BCUT2D eigenvalue weighted by atomic mass is 16.5. The van der Waals surface area contributed by atoms with Gasteiger partial charge < -0.3 is 10.5 Å². The van der Waals surface area contributed by atoms with Crippen LogP contribution in [0.3, 0.4) is 0 Å². The minimum atomic E-state index is 0.277. The van der Waals surface area contributed by atoms with Crippen molar-refractivity contribution < 1.29 is 4.74 Å². The third kappa shape index (κ3) is 3.98. The summed E-state index contributed by atoms with van der Waals surface area (Å²) in [7, 11) is 0. The topological polar surface area (TPSA) is 48.1 Å². The van der Waals surface area contributed by atoms with E-state index in [0.717, 1.165) is 11.3 Å². The molecule has 0 saturated carbocycles. The molecule has 0 bridgehead atoms. The van der Waals surface area contributed by atoms with Crippen molar-refractivity contribution in [1.29, 1.82) is 0 Å². The summed E-state index contributed by atoms with van der Waals surface area (Å²) in [5, 5.41) is 0. The molecule has 84 valence electrons. The maximum absolute atomic E-state index is 5.72. The molecule has 0 saturated heterocycles. The van der Waals surface area contributed by atoms with Gasteiger partial charge in [-0.1, -0.05) is 13.8 Å². The average molecular weight is 208 g/mol. The molecule has 2 N–H and O–H groups in total. The van der Waals surface area contributed by atoms with E-state index in [1.807, 2.05) is 12.1 Å². The van der Waals surface area contributed by atoms with Crippen molar-refractivity contribution in [2.45, 2.75) is 40.0 Å². The third-order valence-electron chi connectivity index (χ3n) is 2.54. The Labute approximate surface area is 91.7 Å². The Bertz CT molecular complexity index is 299. The quantitative estimate of drug-likeness (QED) is 0.806. The molecule has 1 aromatic rings. The molecule has 0 fully saturated rings. The molecule has 1 heterocycles. The van der Waals surface area contributed by atoms with Gasteiger partial charge in [0, 0.05) is 12.7 Å². The van der Waals surface area contributed by atoms with Gasteiger partial charge in [0.15, 0.2) is 0 Å². The zero-order valence-corrected chi connectivity index (χ0v) is 9.73. The molecular weight excluding hydrogens is 188 g/mol. The molecule has 0 aromatic carbocycles. The van der Waals surface area contributed by atoms with Gasteiger partial charge in [0.05, 0.1) is 18.4 Å². The highest BCUT2D eigenvalue weighted by molar-refractivity contribution is 5.15. The summed E-state index contributed by atoms with van der Waals surface area (Å²) in [4.78, 5) is 4.14. The van der Waals surface area contributed by atoms with Crippen LogP contribution in [0, 0.1) is 5.92 Å². The first-order valence-corrected chi connectivity index (χ1v) is 5.39. The van der Waals surface area contributed by atoms with Crippen LogP contribution in [0.25, 0.3) is 0 Å². The minimum Gasteiger partial charge on any atom is -0.374 e. The Morgan fingerprint density at radius 1 is 1.40 bits per heavy atom. The number of aromatic nitrogens is 1. The number of hydrogen-bond donors (Lipinski definition) is 1. The van der Waals surface area contributed by atoms with Crippen LogP contribution < -0.4 is 5.73 Å². The van der Waals surface area contributed by atoms with E-state index in [9.17, 15) is 0 Å². The number of nitrogens with zero attached hydrogens (tertiary/aromatic N) is 1. The number of ether oxygens (including phenoxy) is 1. The van der Waals surface area contributed by atoms with E-state index >= 15 is 0 Å². The highest BCUT2D eigenvalue weighted by Crippen LogP contribution is 2.10. The van der Waals surface area contributed by atoms with Crippen molar-refractivity contribution in [3.63, 3.8) is 0 Å². The number of rotatable bonds is 5. The van der Waals surface area contributed by atoms with Crippen LogP contribution >= 0.6 is 0 Å². The summed E-state index contributed by atoms with van der Waals surface area (Å²) >= 11 is 0. The molecule has 3 nitrogen and oxygen atoms in total. The Kier molecular flexibility index (Phi) is 4.72. The van der Waals surface area contributed by atoms with Gasteiger partial charge in [-0.2, -0.15) is 0 Å². The molecule has 1 aromatic heterocycles. The summed E-state index contributed by atoms with van der Waals surface area (Å²) < 4.78 is 5.72. The summed E-state index contributed by atoms with van der Waals surface area (Å²) in [6, 6.07) is 3.96. The van der Waals surface area contributed by atoms with Crippen molar-refractivity contribution in [3.05, 3.63) is 29.6 Å². The van der Waals surface area contributed by atoms with Crippen molar-refractivity contribution in [3.8, 4) is 0 Å². The first-order chi connectivity index (χ1) is 7.13. The maximum Gasteiger partial charge on any atom is 0.0721 e. The summed E-state index contributed by atoms with van der Waals surface area (Å²) in [5.41, 5.74) is 7.57. The van der Waals surface area contributed by atoms with Crippen LogP contribution in [-0.2, 0) is 17.9 Å². The molecule has 1 unspecified atom stereocenters. The summed E-state index contributed by atoms with van der Waals surface area (Å²) in [6.45, 7) is 7.52. The lowest BCUT2D eigenvalue weighted by Crippen LogP contribution is -2.15. The van der Waals surface area contributed by atoms with Gasteiger partial charge in [-0.25, -0.2) is 0 Å². The first-order valence-electron chi connectivity index (χ1n) is 5.39. The second-order valence-corrected chi connectivity index (χ2v) is 4.12. The maximum atomic E-state index is 5.72. The molecule has 0 amide bonds. The molecule has 1 atom stereocenters. The molecular formula is C12H20N2O. The Hall–Kier alpha value is -0.930. The first kappa shape index (κ1) is 12.1. The van der Waals surface area contributed by atoms with E-state index in [1.54, 1.807) is 6.20 Å². The van der Waals surface area contributed by atoms with Gasteiger partial charge in [-0.05, 0) is 30.5 Å². The van der Waals surface area contributed by atoms with Gasteiger partial charge in [0.2, 0.25) is 0 Å². The Morgan fingerprint density at radius 3 is 2.73 bits per heavy atom. The molecule has 0 aliphatic carbocycles. The lowest BCUT2D eigenvalue weighted by Gasteiger charge is -2.16. The van der Waals surface area contributed by atoms with Crippen molar-refractivity contribution >= 4 is 0 Å². The van der Waals surface area contributed by atoms with E-state index in [2.05, 4.69) is 25.8 Å². The fourth-order valence-corrected chi connectivity index (χ4v) is 1.15. The molecule has 15 heavy (non-hydrogen) atoms. The summed E-state index contributed by atoms with van der Waals surface area (Å²) in [5.74, 6) is 0.542. The monoisotopic (exact) mass is 208 g/mol. The van der Waals surface area contributed by atoms with Crippen LogP contribution in [0.15, 0.2) is 18.3 Å². The molecule has 1 rings (SSSR count). The SMILES string of the molecule is CC(C)C(C)OCc1ccnc(CN)c1. The summed E-state index contributed by atoms with van der Waals surface area (Å²) in [6.07, 6.45) is 2.06. The predicted molar refractivity (Wildman–Crippen MR) is 61.2 cm³/mol. The average Bonchev–Trinajstić information content (AvgIpc) is 2.26. The molecule has 0 radical (unpaired) electrons.